The smallest absolute Gasteiger partial charge is 0.278 e. The number of amides is 2. The highest BCUT2D eigenvalue weighted by atomic mass is 16.5. The number of nitrogens with zero attached hydrogens (tertiary/aromatic N) is 3. The summed E-state index contributed by atoms with van der Waals surface area (Å²) in [5.74, 6) is 0.0268. The fraction of sp³-hybridized carbons (Fsp3) is 0.276. The van der Waals surface area contributed by atoms with Crippen LogP contribution < -0.4 is 25.0 Å². The lowest BCUT2D eigenvalue weighted by atomic mass is 10.1. The van der Waals surface area contributed by atoms with Crippen molar-refractivity contribution >= 4 is 23.7 Å². The fourth-order valence-electron chi connectivity index (χ4n) is 3.58. The monoisotopic (exact) mass is 545 g/mol. The molecular weight excluding hydrogens is 514 g/mol. The van der Waals surface area contributed by atoms with Gasteiger partial charge in [0.2, 0.25) is 5.88 Å². The van der Waals surface area contributed by atoms with E-state index in [2.05, 4.69) is 20.8 Å². The van der Waals surface area contributed by atoms with Crippen molar-refractivity contribution in [2.45, 2.75) is 27.4 Å². The van der Waals surface area contributed by atoms with Crippen LogP contribution in [0, 0.1) is 25.2 Å². The molecule has 0 saturated carbocycles. The van der Waals surface area contributed by atoms with E-state index < -0.39 is 12.5 Å². The molecule has 1 aromatic heterocycles. The second-order valence-corrected chi connectivity index (χ2v) is 8.52. The van der Waals surface area contributed by atoms with E-state index in [0.717, 1.165) is 11.3 Å². The summed E-state index contributed by atoms with van der Waals surface area (Å²) in [6.07, 6.45) is 1.43. The molecule has 40 heavy (non-hydrogen) atoms. The van der Waals surface area contributed by atoms with Crippen LogP contribution in [0.5, 0.6) is 17.4 Å². The van der Waals surface area contributed by atoms with Gasteiger partial charge in [0.05, 0.1) is 19.4 Å². The second-order valence-electron chi connectivity index (χ2n) is 8.52. The average Bonchev–Trinajstić information content (AvgIpc) is 2.93. The number of hydrogen-bond acceptors (Lipinski definition) is 9. The summed E-state index contributed by atoms with van der Waals surface area (Å²) in [4.78, 5) is 28.8. The highest BCUT2D eigenvalue weighted by molar-refractivity contribution is 5.92. The zero-order valence-electron chi connectivity index (χ0n) is 22.8. The Balaban J connectivity index is 1.57. The number of hydrogen-bond donors (Lipinski definition) is 2. The van der Waals surface area contributed by atoms with Crippen LogP contribution in [-0.4, -0.2) is 49.9 Å². The maximum atomic E-state index is 12.3. The number of aryl methyl sites for hydroxylation is 2. The lowest BCUT2D eigenvalue weighted by Crippen LogP contribution is -2.25. The topological polar surface area (TPSA) is 144 Å². The van der Waals surface area contributed by atoms with Crippen LogP contribution in [0.25, 0.3) is 0 Å². The van der Waals surface area contributed by atoms with Crippen molar-refractivity contribution in [1.82, 2.24) is 10.4 Å². The first kappa shape index (κ1) is 29.6. The molecule has 0 spiro atoms. The molecule has 11 nitrogen and oxygen atoms in total. The number of nitrogens with one attached hydrogen (secondary N) is 2. The van der Waals surface area contributed by atoms with Gasteiger partial charge in [-0.1, -0.05) is 18.2 Å². The molecule has 3 rings (SSSR count). The molecule has 0 bridgehead atoms. The Labute approximate surface area is 232 Å². The number of para-hydroxylation sites is 1. The van der Waals surface area contributed by atoms with Gasteiger partial charge in [0, 0.05) is 24.1 Å². The molecule has 1 heterocycles. The van der Waals surface area contributed by atoms with E-state index in [-0.39, 0.29) is 30.6 Å². The van der Waals surface area contributed by atoms with Gasteiger partial charge in [-0.3, -0.25) is 9.59 Å². The molecule has 0 fully saturated rings. The van der Waals surface area contributed by atoms with Gasteiger partial charge in [0.1, 0.15) is 11.6 Å². The van der Waals surface area contributed by atoms with Crippen molar-refractivity contribution < 1.29 is 28.5 Å². The number of carbonyl (C=O) groups is 2. The van der Waals surface area contributed by atoms with Crippen molar-refractivity contribution in [3.05, 3.63) is 76.5 Å². The Kier molecular flexibility index (Phi) is 11.0. The number of nitriles is 1. The molecule has 0 radical (unpaired) electrons. The van der Waals surface area contributed by atoms with Crippen LogP contribution in [0.15, 0.2) is 53.6 Å². The third-order valence-corrected chi connectivity index (χ3v) is 5.40. The number of hydrazone groups is 1. The van der Waals surface area contributed by atoms with E-state index in [1.54, 1.807) is 31.2 Å². The largest absolute Gasteiger partial charge is 0.490 e. The van der Waals surface area contributed by atoms with Gasteiger partial charge in [0.25, 0.3) is 11.8 Å². The lowest BCUT2D eigenvalue weighted by Gasteiger charge is -2.13. The molecule has 0 saturated heterocycles. The van der Waals surface area contributed by atoms with Gasteiger partial charge >= 0.3 is 0 Å². The van der Waals surface area contributed by atoms with E-state index in [1.165, 1.54) is 13.3 Å². The first-order valence-electron chi connectivity index (χ1n) is 12.4. The Bertz CT molecular complexity index is 1420. The van der Waals surface area contributed by atoms with Crippen molar-refractivity contribution in [2.75, 3.05) is 32.2 Å². The molecule has 208 valence electrons. The van der Waals surface area contributed by atoms with Gasteiger partial charge in [-0.15, -0.1) is 0 Å². The molecule has 0 aliphatic carbocycles. The molecular formula is C29H31N5O6. The first-order chi connectivity index (χ1) is 19.3. The predicted octanol–water partition coefficient (Wildman–Crippen LogP) is 3.66. The zero-order valence-corrected chi connectivity index (χ0v) is 22.8. The van der Waals surface area contributed by atoms with E-state index in [9.17, 15) is 14.9 Å². The van der Waals surface area contributed by atoms with Crippen molar-refractivity contribution in [1.29, 1.82) is 5.26 Å². The van der Waals surface area contributed by atoms with E-state index in [1.807, 2.05) is 44.2 Å². The van der Waals surface area contributed by atoms with Gasteiger partial charge < -0.3 is 24.3 Å². The number of anilines is 1. The number of benzene rings is 2. The average molecular weight is 546 g/mol. The Morgan fingerprint density at radius 3 is 2.52 bits per heavy atom. The minimum Gasteiger partial charge on any atom is -0.490 e. The minimum absolute atomic E-state index is 0.0539. The SMILES string of the molecule is CCOc1cc(/C=N/NC(=O)COc2nc(C)cc(COC)c2C#N)ccc1OCC(=O)Nc1ccccc1C. The van der Waals surface area contributed by atoms with Crippen molar-refractivity contribution in [3.8, 4) is 23.4 Å². The van der Waals surface area contributed by atoms with Crippen molar-refractivity contribution in [2.24, 2.45) is 5.10 Å². The second kappa shape index (κ2) is 14.8. The summed E-state index contributed by atoms with van der Waals surface area (Å²) < 4.78 is 21.9. The van der Waals surface area contributed by atoms with Crippen LogP contribution >= 0.6 is 0 Å². The van der Waals surface area contributed by atoms with Gasteiger partial charge in [-0.25, -0.2) is 10.4 Å². The van der Waals surface area contributed by atoms with E-state index >= 15 is 0 Å². The van der Waals surface area contributed by atoms with Crippen molar-refractivity contribution in [3.63, 3.8) is 0 Å². The molecule has 2 aromatic carbocycles. The number of methoxy groups -OCH3 is 1. The summed E-state index contributed by atoms with van der Waals surface area (Å²) in [5.41, 5.74) is 6.12. The number of ether oxygens (including phenoxy) is 4. The molecule has 11 heteroatoms. The van der Waals surface area contributed by atoms with Crippen LogP contribution in [0.3, 0.4) is 0 Å². The highest BCUT2D eigenvalue weighted by Gasteiger charge is 2.14. The lowest BCUT2D eigenvalue weighted by molar-refractivity contribution is -0.123. The summed E-state index contributed by atoms with van der Waals surface area (Å²) in [7, 11) is 1.52. The summed E-state index contributed by atoms with van der Waals surface area (Å²) >= 11 is 0. The molecule has 0 aliphatic rings. The maximum Gasteiger partial charge on any atom is 0.278 e. The molecule has 0 atom stereocenters. The zero-order chi connectivity index (χ0) is 28.9. The Hall–Kier alpha value is -4.95. The van der Waals surface area contributed by atoms with Crippen LogP contribution in [0.1, 0.15) is 34.9 Å². The summed E-state index contributed by atoms with van der Waals surface area (Å²) in [6.45, 7) is 5.49. The van der Waals surface area contributed by atoms with E-state index in [0.29, 0.717) is 34.9 Å². The molecule has 2 amide bonds. The molecule has 3 aromatic rings. The normalized spacial score (nSPS) is 10.6. The summed E-state index contributed by atoms with van der Waals surface area (Å²) in [5, 5.41) is 16.2. The quantitative estimate of drug-likeness (QED) is 0.245. The highest BCUT2D eigenvalue weighted by Crippen LogP contribution is 2.28. The fourth-order valence-corrected chi connectivity index (χ4v) is 3.58. The van der Waals surface area contributed by atoms with Gasteiger partial charge in [0.15, 0.2) is 24.7 Å². The van der Waals surface area contributed by atoms with E-state index in [4.69, 9.17) is 18.9 Å². The molecule has 2 N–H and O–H groups in total. The number of carbonyl (C=O) groups excluding carboxylic acids is 2. The van der Waals surface area contributed by atoms with Crippen LogP contribution in [0.4, 0.5) is 5.69 Å². The number of aromatic nitrogens is 1. The first-order valence-corrected chi connectivity index (χ1v) is 12.4. The Morgan fingerprint density at radius 2 is 1.80 bits per heavy atom. The standard InChI is InChI=1S/C29H31N5O6/c1-5-38-26-13-21(10-11-25(26)39-17-27(35)33-24-9-7-6-8-19(24)2)15-31-34-28(36)18-40-29-23(14-30)22(16-37-4)12-20(3)32-29/h6-13,15H,5,16-18H2,1-4H3,(H,33,35)(H,34,36)/b31-15+. The van der Waals surface area contributed by atoms with Gasteiger partial charge in [-0.05, 0) is 62.2 Å². The predicted molar refractivity (Wildman–Crippen MR) is 149 cm³/mol. The van der Waals surface area contributed by atoms with Crippen LogP contribution in [-0.2, 0) is 20.9 Å². The number of pyridine rings is 1. The Morgan fingerprint density at radius 1 is 1.02 bits per heavy atom. The maximum absolute atomic E-state index is 12.3. The van der Waals surface area contributed by atoms with Gasteiger partial charge in [-0.2, -0.15) is 10.4 Å². The third-order valence-electron chi connectivity index (χ3n) is 5.40. The molecule has 0 aliphatic heterocycles. The minimum atomic E-state index is -0.540. The van der Waals surface area contributed by atoms with Crippen LogP contribution in [0.2, 0.25) is 0 Å². The number of rotatable bonds is 13. The summed E-state index contributed by atoms with van der Waals surface area (Å²) in [6, 6.07) is 16.3. The molecule has 0 unspecified atom stereocenters. The third kappa shape index (κ3) is 8.54.